The molecule has 9 heteroatoms. The second kappa shape index (κ2) is 6.53. The molecule has 0 amide bonds. The molecule has 30 heavy (non-hydrogen) atoms. The molecule has 0 fully saturated rings. The van der Waals surface area contributed by atoms with E-state index in [4.69, 9.17) is 0 Å². The summed E-state index contributed by atoms with van der Waals surface area (Å²) in [5, 5.41) is 10.0. The third-order valence-corrected chi connectivity index (χ3v) is 6.80. The maximum absolute atomic E-state index is 13.1. The standard InChI is InChI=1S/C21H16IN3O5/c1-23-20(29)24-6-5-12-15(25(24)21(23)30)8-13-16(27)9-14(22)19(28)18(13)17(12)10-3-2-4-11(26)7-10/h2-5,7,9,15,17,26H,6,8H2,1H3/t15-,17+/m1/s1. The quantitative estimate of drug-likeness (QED) is 0.351. The summed E-state index contributed by atoms with van der Waals surface area (Å²) in [5.74, 6) is -1.03. The molecule has 1 N–H and O–H groups in total. The van der Waals surface area contributed by atoms with E-state index >= 15 is 0 Å². The van der Waals surface area contributed by atoms with E-state index in [1.165, 1.54) is 28.6 Å². The maximum atomic E-state index is 13.1. The normalized spacial score (nSPS) is 22.9. The molecule has 152 valence electrons. The van der Waals surface area contributed by atoms with E-state index < -0.39 is 23.3 Å². The number of nitrogens with zero attached hydrogens (tertiary/aromatic N) is 3. The van der Waals surface area contributed by atoms with Crippen molar-refractivity contribution >= 4 is 34.2 Å². The fraction of sp³-hybridized carbons (Fsp3) is 0.238. The van der Waals surface area contributed by atoms with E-state index in [1.807, 2.05) is 28.7 Å². The van der Waals surface area contributed by atoms with Crippen LogP contribution in [0.4, 0.5) is 0 Å². The van der Waals surface area contributed by atoms with Crippen LogP contribution in [0.15, 0.2) is 66.3 Å². The van der Waals surface area contributed by atoms with Crippen molar-refractivity contribution in [3.8, 4) is 5.75 Å². The predicted octanol–water partition coefficient (Wildman–Crippen LogP) is 1.49. The van der Waals surface area contributed by atoms with Gasteiger partial charge >= 0.3 is 11.4 Å². The van der Waals surface area contributed by atoms with Crippen molar-refractivity contribution in [1.29, 1.82) is 0 Å². The highest BCUT2D eigenvalue weighted by molar-refractivity contribution is 14.1. The molecule has 0 unspecified atom stereocenters. The van der Waals surface area contributed by atoms with Gasteiger partial charge in [0.05, 0.1) is 16.2 Å². The lowest BCUT2D eigenvalue weighted by Gasteiger charge is -2.39. The van der Waals surface area contributed by atoms with Crippen LogP contribution in [0, 0.1) is 0 Å². The number of carbonyl (C=O) groups is 2. The molecule has 0 saturated carbocycles. The number of hydrogen-bond donors (Lipinski definition) is 1. The molecular weight excluding hydrogens is 501 g/mol. The van der Waals surface area contributed by atoms with E-state index in [1.54, 1.807) is 18.2 Å². The number of aromatic hydroxyl groups is 1. The van der Waals surface area contributed by atoms with Crippen molar-refractivity contribution in [2.24, 2.45) is 7.05 Å². The van der Waals surface area contributed by atoms with E-state index in [0.29, 0.717) is 20.3 Å². The molecule has 1 aliphatic heterocycles. The number of aromatic nitrogens is 3. The Balaban J connectivity index is 1.80. The Labute approximate surface area is 183 Å². The number of hydrogen-bond acceptors (Lipinski definition) is 5. The zero-order valence-corrected chi connectivity index (χ0v) is 18.0. The molecular formula is C21H16IN3O5. The van der Waals surface area contributed by atoms with Crippen molar-refractivity contribution in [2.75, 3.05) is 0 Å². The number of phenols is 1. The third-order valence-electron chi connectivity index (χ3n) is 6.00. The van der Waals surface area contributed by atoms with Gasteiger partial charge in [0.2, 0.25) is 0 Å². The summed E-state index contributed by atoms with van der Waals surface area (Å²) < 4.78 is 4.13. The lowest BCUT2D eigenvalue weighted by atomic mass is 9.69. The molecule has 2 aliphatic carbocycles. The number of allylic oxidation sites excluding steroid dienone is 6. The number of ketones is 2. The monoisotopic (exact) mass is 517 g/mol. The van der Waals surface area contributed by atoms with Gasteiger partial charge in [-0.3, -0.25) is 9.59 Å². The molecule has 2 heterocycles. The van der Waals surface area contributed by atoms with Gasteiger partial charge in [0, 0.05) is 36.6 Å². The van der Waals surface area contributed by atoms with E-state index in [2.05, 4.69) is 0 Å². The van der Waals surface area contributed by atoms with Crippen molar-refractivity contribution in [3.63, 3.8) is 0 Å². The lowest BCUT2D eigenvalue weighted by molar-refractivity contribution is -0.115. The van der Waals surface area contributed by atoms with E-state index in [0.717, 1.165) is 10.1 Å². The van der Waals surface area contributed by atoms with Gasteiger partial charge in [-0.2, -0.15) is 0 Å². The first-order valence-electron chi connectivity index (χ1n) is 9.36. The summed E-state index contributed by atoms with van der Waals surface area (Å²) in [6, 6.07) is 6.00. The first-order valence-corrected chi connectivity index (χ1v) is 10.4. The predicted molar refractivity (Wildman–Crippen MR) is 116 cm³/mol. The van der Waals surface area contributed by atoms with Crippen LogP contribution in [0.5, 0.6) is 5.75 Å². The highest BCUT2D eigenvalue weighted by atomic mass is 127. The van der Waals surface area contributed by atoms with Crippen molar-refractivity contribution in [1.82, 2.24) is 13.9 Å². The van der Waals surface area contributed by atoms with E-state index in [-0.39, 0.29) is 30.3 Å². The number of phenolic OH excluding ortho intramolecular Hbond substituents is 1. The molecule has 0 spiro atoms. The van der Waals surface area contributed by atoms with E-state index in [9.17, 15) is 24.3 Å². The Morgan fingerprint density at radius 1 is 1.13 bits per heavy atom. The van der Waals surface area contributed by atoms with Gasteiger partial charge in [0.15, 0.2) is 11.6 Å². The van der Waals surface area contributed by atoms with Crippen LogP contribution >= 0.6 is 22.6 Å². The SMILES string of the molecule is Cn1c(=O)n2n(c1=O)[C@@H]1CC3=C(C(=O)C(I)=CC3=O)[C@@H](c3cccc(O)c3)C1=CC2. The first kappa shape index (κ1) is 19.0. The fourth-order valence-corrected chi connectivity index (χ4v) is 5.23. The second-order valence-corrected chi connectivity index (χ2v) is 8.74. The Morgan fingerprint density at radius 2 is 1.90 bits per heavy atom. The van der Waals surface area contributed by atoms with Gasteiger partial charge in [-0.15, -0.1) is 0 Å². The number of fused-ring (bicyclic) bond motifs is 3. The van der Waals surface area contributed by atoms with Crippen LogP contribution in [0.25, 0.3) is 0 Å². The average Bonchev–Trinajstić information content (AvgIpc) is 2.95. The van der Waals surface area contributed by atoms with Crippen molar-refractivity contribution in [2.45, 2.75) is 24.9 Å². The van der Waals surface area contributed by atoms with Gasteiger partial charge in [-0.05, 0) is 45.9 Å². The first-order chi connectivity index (χ1) is 14.3. The minimum absolute atomic E-state index is 0.0433. The molecule has 5 rings (SSSR count). The topological polar surface area (TPSA) is 103 Å². The minimum Gasteiger partial charge on any atom is -0.508 e. The molecule has 0 bridgehead atoms. The lowest BCUT2D eigenvalue weighted by Crippen LogP contribution is -2.40. The number of benzene rings is 1. The highest BCUT2D eigenvalue weighted by Gasteiger charge is 2.44. The Kier molecular flexibility index (Phi) is 4.14. The van der Waals surface area contributed by atoms with Crippen molar-refractivity contribution in [3.05, 3.63) is 83.2 Å². The third kappa shape index (κ3) is 2.51. The number of rotatable bonds is 1. The summed E-state index contributed by atoms with van der Waals surface area (Å²) in [4.78, 5) is 51.2. The van der Waals surface area contributed by atoms with Crippen LogP contribution in [0.2, 0.25) is 0 Å². The van der Waals surface area contributed by atoms with Crippen molar-refractivity contribution < 1.29 is 14.7 Å². The van der Waals surface area contributed by atoms with Gasteiger partial charge in [-0.25, -0.2) is 23.5 Å². The zero-order chi connectivity index (χ0) is 21.3. The second-order valence-electron chi connectivity index (χ2n) is 7.58. The summed E-state index contributed by atoms with van der Waals surface area (Å²) >= 11 is 1.87. The van der Waals surface area contributed by atoms with Gasteiger partial charge in [0.25, 0.3) is 0 Å². The Bertz CT molecular complexity index is 1370. The van der Waals surface area contributed by atoms with Crippen LogP contribution in [-0.4, -0.2) is 30.6 Å². The number of Topliss-reactive ketones (excluding diaryl/α,β-unsaturated/α-hetero) is 1. The number of halogens is 1. The summed E-state index contributed by atoms with van der Waals surface area (Å²) in [7, 11) is 1.42. The minimum atomic E-state index is -0.586. The van der Waals surface area contributed by atoms with Gasteiger partial charge in [-0.1, -0.05) is 18.2 Å². The summed E-state index contributed by atoms with van der Waals surface area (Å²) in [5.41, 5.74) is 1.29. The largest absolute Gasteiger partial charge is 0.508 e. The molecule has 2 atom stereocenters. The molecule has 1 aromatic carbocycles. The van der Waals surface area contributed by atoms with Gasteiger partial charge < -0.3 is 5.11 Å². The number of carbonyl (C=O) groups excluding carboxylic acids is 2. The fourth-order valence-electron chi connectivity index (χ4n) is 4.66. The Morgan fingerprint density at radius 3 is 2.63 bits per heavy atom. The van der Waals surface area contributed by atoms with Gasteiger partial charge in [0.1, 0.15) is 5.75 Å². The van der Waals surface area contributed by atoms with Crippen LogP contribution < -0.4 is 11.4 Å². The summed E-state index contributed by atoms with van der Waals surface area (Å²) in [6.45, 7) is 0.188. The average molecular weight is 517 g/mol. The highest BCUT2D eigenvalue weighted by Crippen LogP contribution is 2.50. The Hall–Kier alpha value is -2.95. The molecule has 0 radical (unpaired) electrons. The molecule has 2 aromatic rings. The molecule has 8 nitrogen and oxygen atoms in total. The summed E-state index contributed by atoms with van der Waals surface area (Å²) in [6.07, 6.45) is 3.33. The molecule has 3 aliphatic rings. The van der Waals surface area contributed by atoms with Crippen LogP contribution in [0.1, 0.15) is 23.9 Å². The van der Waals surface area contributed by atoms with Crippen LogP contribution in [-0.2, 0) is 23.2 Å². The van der Waals surface area contributed by atoms with Crippen LogP contribution in [0.3, 0.4) is 0 Å². The smallest absolute Gasteiger partial charge is 0.347 e. The zero-order valence-electron chi connectivity index (χ0n) is 15.8. The molecule has 1 aromatic heterocycles. The maximum Gasteiger partial charge on any atom is 0.347 e. The molecule has 0 saturated heterocycles.